The molecule has 2 N–H and O–H groups in total. The first-order valence-corrected chi connectivity index (χ1v) is 6.23. The molecule has 0 amide bonds. The molecular weight excluding hydrogens is 282 g/mol. The summed E-state index contributed by atoms with van der Waals surface area (Å²) in [6.07, 6.45) is -8.49. The number of aryl methyl sites for hydroxylation is 1. The van der Waals surface area contributed by atoms with Gasteiger partial charge in [0.2, 0.25) is 0 Å². The second kappa shape index (κ2) is 4.76. The van der Waals surface area contributed by atoms with Gasteiger partial charge in [0.25, 0.3) is 5.56 Å². The minimum absolute atomic E-state index is 0.161. The van der Waals surface area contributed by atoms with Crippen molar-refractivity contribution in [2.75, 3.05) is 5.73 Å². The van der Waals surface area contributed by atoms with Crippen LogP contribution in [0.15, 0.2) is 22.9 Å². The molecule has 6 nitrogen and oxygen atoms in total. The second-order valence-electron chi connectivity index (χ2n) is 4.80. The van der Waals surface area contributed by atoms with Crippen LogP contribution in [0.5, 0.6) is 0 Å². The Morgan fingerprint density at radius 2 is 2.23 bits per heavy atom. The Bertz CT molecular complexity index is 1270. The number of hydrogen-bond donors (Lipinski definition) is 1. The van der Waals surface area contributed by atoms with Gasteiger partial charge in [-0.3, -0.25) is 19.0 Å². The van der Waals surface area contributed by atoms with Crippen molar-refractivity contribution in [1.82, 2.24) is 9.55 Å². The number of hydrogen-bond acceptors (Lipinski definition) is 5. The molecule has 1 aliphatic carbocycles. The standard InChI is InChI=1S/C16H17N3O3/c1-9-18-12-5-3-4-11(17)14(12)15(22)19(9)16(2)7-6-10(20)8-13(16)21/h3-5H,6-8,17H2,1-2H3/t16-/m0/s1/i2D3,3D,4D,5D,6D2,7D2. The highest BCUT2D eigenvalue weighted by molar-refractivity contribution is 6.05. The molecule has 0 radical (unpaired) electrons. The highest BCUT2D eigenvalue weighted by Gasteiger charge is 2.41. The van der Waals surface area contributed by atoms with Gasteiger partial charge in [-0.05, 0) is 32.2 Å². The predicted molar refractivity (Wildman–Crippen MR) is 82.7 cm³/mol. The van der Waals surface area contributed by atoms with E-state index < -0.39 is 89.2 Å². The van der Waals surface area contributed by atoms with E-state index in [4.69, 9.17) is 19.4 Å². The Hall–Kier alpha value is -2.50. The maximum Gasteiger partial charge on any atom is 0.264 e. The van der Waals surface area contributed by atoms with Crippen molar-refractivity contribution in [2.45, 2.75) is 38.5 Å². The van der Waals surface area contributed by atoms with Gasteiger partial charge in [0.05, 0.1) is 21.4 Å². The molecule has 0 saturated heterocycles. The lowest BCUT2D eigenvalue weighted by molar-refractivity contribution is -0.136. The predicted octanol–water partition coefficient (Wildman–Crippen LogP) is 1.32. The van der Waals surface area contributed by atoms with E-state index in [2.05, 4.69) is 4.98 Å². The monoisotopic (exact) mass is 309 g/mol. The lowest BCUT2D eigenvalue weighted by Crippen LogP contribution is -2.49. The molecule has 1 aliphatic rings. The summed E-state index contributed by atoms with van der Waals surface area (Å²) in [4.78, 5) is 42.6. The van der Waals surface area contributed by atoms with Gasteiger partial charge in [-0.25, -0.2) is 4.98 Å². The molecular formula is C16H17N3O3. The zero-order valence-corrected chi connectivity index (χ0v) is 11.4. The molecule has 6 heteroatoms. The summed E-state index contributed by atoms with van der Waals surface area (Å²) >= 11 is 0. The van der Waals surface area contributed by atoms with Crippen molar-refractivity contribution >= 4 is 28.2 Å². The van der Waals surface area contributed by atoms with Gasteiger partial charge < -0.3 is 5.73 Å². The van der Waals surface area contributed by atoms with E-state index >= 15 is 0 Å². The van der Waals surface area contributed by atoms with Crippen molar-refractivity contribution in [3.63, 3.8) is 0 Å². The zero-order valence-electron chi connectivity index (χ0n) is 21.4. The molecule has 0 spiro atoms. The van der Waals surface area contributed by atoms with Crippen LogP contribution in [0.1, 0.15) is 45.6 Å². The van der Waals surface area contributed by atoms with E-state index in [1.165, 1.54) is 0 Å². The fraction of sp³-hybridized carbons (Fsp3) is 0.375. The number of fused-ring (bicyclic) bond motifs is 1. The molecule has 0 bridgehead atoms. The van der Waals surface area contributed by atoms with E-state index in [-0.39, 0.29) is 4.57 Å². The topological polar surface area (TPSA) is 95.0 Å². The SMILES string of the molecule is [2H]c1c([2H])c(N)c2c(=O)n([C@]3(C([2H])([2H])[2H])C(=O)CC(=O)C([2H])([2H])C3([2H])[2H])c(C)nc2c1[2H]. The normalized spacial score (nSPS) is 34.0. The first kappa shape index (κ1) is 6.73. The third kappa shape index (κ3) is 1.94. The number of rotatable bonds is 1. The molecule has 1 heterocycles. The zero-order chi connectivity index (χ0) is 24.8. The van der Waals surface area contributed by atoms with Gasteiger partial charge in [-0.2, -0.15) is 0 Å². The number of carbonyl (C=O) groups excluding carboxylic acids is 2. The molecule has 1 aromatic heterocycles. The molecule has 1 atom stereocenters. The lowest BCUT2D eigenvalue weighted by atomic mass is 9.81. The summed E-state index contributed by atoms with van der Waals surface area (Å²) in [5.41, 5.74) is -0.249. The molecule has 1 aromatic carbocycles. The quantitative estimate of drug-likeness (QED) is 0.633. The summed E-state index contributed by atoms with van der Waals surface area (Å²) in [6, 6.07) is -2.06. The van der Waals surface area contributed by atoms with Crippen LogP contribution >= 0.6 is 0 Å². The summed E-state index contributed by atoms with van der Waals surface area (Å²) in [6.45, 7) is -2.64. The molecule has 2 aromatic rings. The van der Waals surface area contributed by atoms with Crippen LogP contribution in [0.3, 0.4) is 0 Å². The summed E-state index contributed by atoms with van der Waals surface area (Å²) < 4.78 is 80.3. The van der Waals surface area contributed by atoms with Gasteiger partial charge >= 0.3 is 0 Å². The van der Waals surface area contributed by atoms with E-state index in [9.17, 15) is 14.4 Å². The van der Waals surface area contributed by atoms with Gasteiger partial charge in [0.15, 0.2) is 5.78 Å². The highest BCUT2D eigenvalue weighted by Crippen LogP contribution is 2.30. The van der Waals surface area contributed by atoms with Crippen LogP contribution in [-0.4, -0.2) is 21.1 Å². The van der Waals surface area contributed by atoms with Crippen molar-refractivity contribution in [3.05, 3.63) is 34.3 Å². The lowest BCUT2D eigenvalue weighted by Gasteiger charge is -2.34. The summed E-state index contributed by atoms with van der Waals surface area (Å²) in [7, 11) is 0. The first-order chi connectivity index (χ1) is 14.4. The molecule has 1 fully saturated rings. The third-order valence-electron chi connectivity index (χ3n) is 3.34. The van der Waals surface area contributed by atoms with E-state index in [0.717, 1.165) is 6.92 Å². The number of nitrogens with two attached hydrogens (primary N) is 1. The molecule has 3 rings (SSSR count). The van der Waals surface area contributed by atoms with Crippen molar-refractivity contribution in [2.24, 2.45) is 0 Å². The summed E-state index contributed by atoms with van der Waals surface area (Å²) in [5, 5.41) is -0.689. The fourth-order valence-electron chi connectivity index (χ4n) is 2.30. The Morgan fingerprint density at radius 3 is 2.95 bits per heavy atom. The number of ketones is 2. The van der Waals surface area contributed by atoms with E-state index in [1.807, 2.05) is 0 Å². The number of nitrogen functional groups attached to an aromatic ring is 1. The van der Waals surface area contributed by atoms with Crippen LogP contribution in [0.4, 0.5) is 5.69 Å². The number of nitrogens with zero attached hydrogens (tertiary/aromatic N) is 2. The Morgan fingerprint density at radius 1 is 1.45 bits per heavy atom. The Balaban J connectivity index is 2.66. The second-order valence-corrected chi connectivity index (χ2v) is 4.80. The van der Waals surface area contributed by atoms with Gasteiger partial charge in [0.1, 0.15) is 17.1 Å². The van der Waals surface area contributed by atoms with Crippen LogP contribution in [-0.2, 0) is 15.1 Å². The molecule has 0 unspecified atom stereocenters. The average molecular weight is 309 g/mol. The number of anilines is 1. The van der Waals surface area contributed by atoms with Crippen LogP contribution < -0.4 is 11.3 Å². The molecule has 114 valence electrons. The number of aromatic nitrogens is 2. The Labute approximate surface area is 141 Å². The van der Waals surface area contributed by atoms with E-state index in [1.54, 1.807) is 0 Å². The van der Waals surface area contributed by atoms with Gasteiger partial charge in [-0.15, -0.1) is 0 Å². The average Bonchev–Trinajstić information content (AvgIpc) is 2.64. The fourth-order valence-corrected chi connectivity index (χ4v) is 2.30. The number of benzene rings is 1. The molecule has 22 heavy (non-hydrogen) atoms. The first-order valence-electron chi connectivity index (χ1n) is 11.2. The maximum absolute atomic E-state index is 13.5. The van der Waals surface area contributed by atoms with Crippen molar-refractivity contribution < 1.29 is 23.3 Å². The van der Waals surface area contributed by atoms with Crippen LogP contribution in [0, 0.1) is 6.92 Å². The Kier molecular flexibility index (Phi) is 1.46. The van der Waals surface area contributed by atoms with Crippen LogP contribution in [0.25, 0.3) is 10.9 Å². The minimum atomic E-state index is -3.74. The van der Waals surface area contributed by atoms with Gasteiger partial charge in [-0.1, -0.05) is 6.04 Å². The van der Waals surface area contributed by atoms with Crippen LogP contribution in [0.2, 0.25) is 0 Å². The molecule has 1 saturated carbocycles. The van der Waals surface area contributed by atoms with Gasteiger partial charge in [0, 0.05) is 21.7 Å². The molecule has 0 aliphatic heterocycles. The third-order valence-corrected chi connectivity index (χ3v) is 3.34. The van der Waals surface area contributed by atoms with E-state index in [0.29, 0.717) is 0 Å². The minimum Gasteiger partial charge on any atom is -0.398 e. The largest absolute Gasteiger partial charge is 0.398 e. The van der Waals surface area contributed by atoms with Crippen molar-refractivity contribution in [1.29, 1.82) is 0 Å². The highest BCUT2D eigenvalue weighted by atomic mass is 16.2. The van der Waals surface area contributed by atoms with Crippen molar-refractivity contribution in [3.8, 4) is 0 Å². The summed E-state index contributed by atoms with van der Waals surface area (Å²) in [5.74, 6) is -3.61. The number of Topliss-reactive ketones (excluding diaryl/α,β-unsaturated/α-hetero) is 2. The smallest absolute Gasteiger partial charge is 0.264 e. The number of carbonyl (C=O) groups is 2. The maximum atomic E-state index is 13.5.